The van der Waals surface area contributed by atoms with Crippen molar-refractivity contribution >= 4 is 0 Å². The van der Waals surface area contributed by atoms with Crippen LogP contribution in [-0.4, -0.2) is 55.6 Å². The number of hydrogen-bond donors (Lipinski definition) is 1. The Morgan fingerprint density at radius 2 is 1.80 bits per heavy atom. The molecular formula is C17H35N3. The van der Waals surface area contributed by atoms with Crippen LogP contribution < -0.4 is 5.73 Å². The monoisotopic (exact) mass is 281 g/mol. The number of nitrogens with zero attached hydrogens (tertiary/aromatic N) is 2. The van der Waals surface area contributed by atoms with Crippen LogP contribution in [0.1, 0.15) is 51.9 Å². The molecule has 1 heterocycles. The first kappa shape index (κ1) is 16.3. The molecule has 2 aliphatic rings. The van der Waals surface area contributed by atoms with Gasteiger partial charge in [-0.05, 0) is 71.1 Å². The topological polar surface area (TPSA) is 32.5 Å². The Hall–Kier alpha value is -0.120. The third-order valence-corrected chi connectivity index (χ3v) is 5.63. The predicted molar refractivity (Wildman–Crippen MR) is 86.9 cm³/mol. The second-order valence-corrected chi connectivity index (χ2v) is 7.39. The highest BCUT2D eigenvalue weighted by atomic mass is 15.2. The highest BCUT2D eigenvalue weighted by Gasteiger charge is 2.30. The van der Waals surface area contributed by atoms with Crippen molar-refractivity contribution in [1.82, 2.24) is 9.80 Å². The molecule has 0 aromatic heterocycles. The predicted octanol–water partition coefficient (Wildman–Crippen LogP) is 2.56. The Morgan fingerprint density at radius 1 is 1.10 bits per heavy atom. The molecule has 2 fully saturated rings. The maximum absolute atomic E-state index is 6.40. The van der Waals surface area contributed by atoms with Crippen LogP contribution in [0.2, 0.25) is 0 Å². The molecule has 3 nitrogen and oxygen atoms in total. The molecule has 2 rings (SSSR count). The van der Waals surface area contributed by atoms with E-state index < -0.39 is 0 Å². The summed E-state index contributed by atoms with van der Waals surface area (Å²) in [6.07, 6.45) is 9.40. The van der Waals surface area contributed by atoms with Crippen LogP contribution in [0.3, 0.4) is 0 Å². The van der Waals surface area contributed by atoms with Gasteiger partial charge < -0.3 is 15.5 Å². The summed E-state index contributed by atoms with van der Waals surface area (Å²) in [6, 6.07) is 1.24. The molecule has 0 spiro atoms. The number of likely N-dealkylation sites (tertiary alicyclic amines) is 1. The van der Waals surface area contributed by atoms with Crippen molar-refractivity contribution in [3.63, 3.8) is 0 Å². The van der Waals surface area contributed by atoms with Crippen molar-refractivity contribution in [2.75, 3.05) is 33.7 Å². The van der Waals surface area contributed by atoms with Crippen LogP contribution in [0.5, 0.6) is 0 Å². The summed E-state index contributed by atoms with van der Waals surface area (Å²) >= 11 is 0. The van der Waals surface area contributed by atoms with E-state index in [2.05, 4.69) is 30.8 Å². The minimum absolute atomic E-state index is 0.453. The Bertz CT molecular complexity index is 271. The van der Waals surface area contributed by atoms with Crippen LogP contribution in [0.4, 0.5) is 0 Å². The first-order valence-electron chi connectivity index (χ1n) is 8.74. The number of hydrogen-bond acceptors (Lipinski definition) is 3. The molecule has 0 aromatic rings. The van der Waals surface area contributed by atoms with Crippen molar-refractivity contribution in [1.29, 1.82) is 0 Å². The lowest BCUT2D eigenvalue weighted by molar-refractivity contribution is 0.104. The average molecular weight is 281 g/mol. The molecule has 3 atom stereocenters. The van der Waals surface area contributed by atoms with E-state index in [4.69, 9.17) is 5.73 Å². The van der Waals surface area contributed by atoms with E-state index in [0.29, 0.717) is 6.04 Å². The summed E-state index contributed by atoms with van der Waals surface area (Å²) in [5, 5.41) is 0. The van der Waals surface area contributed by atoms with E-state index in [1.165, 1.54) is 64.6 Å². The molecule has 0 bridgehead atoms. The molecule has 0 aromatic carbocycles. The van der Waals surface area contributed by atoms with Crippen molar-refractivity contribution < 1.29 is 0 Å². The van der Waals surface area contributed by atoms with Gasteiger partial charge in [-0.15, -0.1) is 0 Å². The van der Waals surface area contributed by atoms with E-state index in [1.54, 1.807) is 0 Å². The van der Waals surface area contributed by atoms with E-state index in [0.717, 1.165) is 17.9 Å². The van der Waals surface area contributed by atoms with E-state index in [-0.39, 0.29) is 0 Å². The fraction of sp³-hybridized carbons (Fsp3) is 1.00. The van der Waals surface area contributed by atoms with Crippen LogP contribution in [0.15, 0.2) is 0 Å². The van der Waals surface area contributed by atoms with Gasteiger partial charge in [0.2, 0.25) is 0 Å². The minimum Gasteiger partial charge on any atom is -0.327 e. The fourth-order valence-electron chi connectivity index (χ4n) is 4.21. The normalized spacial score (nSPS) is 33.8. The molecule has 2 N–H and O–H groups in total. The molecule has 3 unspecified atom stereocenters. The van der Waals surface area contributed by atoms with Crippen LogP contribution in [0.25, 0.3) is 0 Å². The van der Waals surface area contributed by atoms with Crippen LogP contribution in [-0.2, 0) is 0 Å². The molecule has 3 heteroatoms. The van der Waals surface area contributed by atoms with Crippen LogP contribution in [0, 0.1) is 11.8 Å². The van der Waals surface area contributed by atoms with Crippen molar-refractivity contribution in [2.45, 2.75) is 64.0 Å². The maximum atomic E-state index is 6.40. The van der Waals surface area contributed by atoms with E-state index in [1.807, 2.05) is 0 Å². The molecular weight excluding hydrogens is 246 g/mol. The van der Waals surface area contributed by atoms with Gasteiger partial charge in [0.15, 0.2) is 0 Å². The minimum atomic E-state index is 0.453. The third-order valence-electron chi connectivity index (χ3n) is 5.63. The first-order chi connectivity index (χ1) is 9.60. The van der Waals surface area contributed by atoms with Gasteiger partial charge in [0.05, 0.1) is 0 Å². The first-order valence-corrected chi connectivity index (χ1v) is 8.74. The van der Waals surface area contributed by atoms with Gasteiger partial charge in [-0.1, -0.05) is 19.8 Å². The zero-order valence-corrected chi connectivity index (χ0v) is 13.9. The summed E-state index contributed by atoms with van der Waals surface area (Å²) < 4.78 is 0. The summed E-state index contributed by atoms with van der Waals surface area (Å²) in [4.78, 5) is 5.07. The summed E-state index contributed by atoms with van der Waals surface area (Å²) in [7, 11) is 4.43. The summed E-state index contributed by atoms with van der Waals surface area (Å²) in [5.74, 6) is 1.69. The standard InChI is InChI=1S/C17H35N3/c1-4-5-14-6-7-17(18)15(12-14)13-20-10-8-16(9-11-20)19(2)3/h14-17H,4-13,18H2,1-3H3. The zero-order valence-electron chi connectivity index (χ0n) is 13.9. The largest absolute Gasteiger partial charge is 0.327 e. The number of nitrogens with two attached hydrogens (primary N) is 1. The number of piperidine rings is 1. The third kappa shape index (κ3) is 4.44. The zero-order chi connectivity index (χ0) is 14.5. The molecule has 0 amide bonds. The van der Waals surface area contributed by atoms with Gasteiger partial charge in [-0.3, -0.25) is 0 Å². The van der Waals surface area contributed by atoms with Gasteiger partial charge >= 0.3 is 0 Å². The van der Waals surface area contributed by atoms with Gasteiger partial charge in [-0.25, -0.2) is 0 Å². The van der Waals surface area contributed by atoms with Crippen molar-refractivity contribution in [2.24, 2.45) is 17.6 Å². The quantitative estimate of drug-likeness (QED) is 0.840. The summed E-state index contributed by atoms with van der Waals surface area (Å²) in [6.45, 7) is 6.10. The summed E-state index contributed by atoms with van der Waals surface area (Å²) in [5.41, 5.74) is 6.40. The highest BCUT2D eigenvalue weighted by Crippen LogP contribution is 2.32. The van der Waals surface area contributed by atoms with Gasteiger partial charge in [0.25, 0.3) is 0 Å². The second kappa shape index (κ2) is 7.77. The Morgan fingerprint density at radius 3 is 2.40 bits per heavy atom. The Kier molecular flexibility index (Phi) is 6.31. The van der Waals surface area contributed by atoms with E-state index in [9.17, 15) is 0 Å². The molecule has 1 saturated carbocycles. The van der Waals surface area contributed by atoms with Gasteiger partial charge in [0.1, 0.15) is 0 Å². The lowest BCUT2D eigenvalue weighted by Crippen LogP contribution is -2.47. The molecule has 1 aliphatic carbocycles. The Balaban J connectivity index is 1.77. The maximum Gasteiger partial charge on any atom is 0.0113 e. The second-order valence-electron chi connectivity index (χ2n) is 7.39. The lowest BCUT2D eigenvalue weighted by atomic mass is 9.76. The molecule has 1 aliphatic heterocycles. The molecule has 1 saturated heterocycles. The van der Waals surface area contributed by atoms with Gasteiger partial charge in [0, 0.05) is 18.6 Å². The molecule has 0 radical (unpaired) electrons. The smallest absolute Gasteiger partial charge is 0.0113 e. The highest BCUT2D eigenvalue weighted by molar-refractivity contribution is 4.86. The Labute approximate surface area is 125 Å². The number of rotatable bonds is 5. The SMILES string of the molecule is CCCC1CCC(N)C(CN2CCC(N(C)C)CC2)C1. The average Bonchev–Trinajstić information content (AvgIpc) is 2.43. The van der Waals surface area contributed by atoms with Crippen LogP contribution >= 0.6 is 0 Å². The van der Waals surface area contributed by atoms with Gasteiger partial charge in [-0.2, -0.15) is 0 Å². The lowest BCUT2D eigenvalue weighted by Gasteiger charge is -2.40. The van der Waals surface area contributed by atoms with Crippen molar-refractivity contribution in [3.8, 4) is 0 Å². The molecule has 20 heavy (non-hydrogen) atoms. The molecule has 118 valence electrons. The fourth-order valence-corrected chi connectivity index (χ4v) is 4.21. The van der Waals surface area contributed by atoms with Crippen molar-refractivity contribution in [3.05, 3.63) is 0 Å². The van der Waals surface area contributed by atoms with E-state index >= 15 is 0 Å².